The van der Waals surface area contributed by atoms with Crippen LogP contribution in [0.5, 0.6) is 0 Å². The lowest BCUT2D eigenvalue weighted by molar-refractivity contribution is 0.102. The molecule has 114 valence electrons. The monoisotopic (exact) mass is 309 g/mol. The molecule has 0 fully saturated rings. The average molecular weight is 309 g/mol. The molecule has 0 atom stereocenters. The summed E-state index contributed by atoms with van der Waals surface area (Å²) in [7, 11) is 0. The lowest BCUT2D eigenvalue weighted by atomic mass is 10.0. The first-order valence-corrected chi connectivity index (χ1v) is 7.05. The molecular weight excluding hydrogens is 296 g/mol. The molecule has 0 bridgehead atoms. The second-order valence-corrected chi connectivity index (χ2v) is 5.06. The molecular formula is C19H13F2NO. The molecule has 3 rings (SSSR count). The first-order valence-electron chi connectivity index (χ1n) is 7.05. The van der Waals surface area contributed by atoms with E-state index in [2.05, 4.69) is 5.32 Å². The fourth-order valence-electron chi connectivity index (χ4n) is 2.27. The van der Waals surface area contributed by atoms with Crippen LogP contribution in [0, 0.1) is 11.6 Å². The van der Waals surface area contributed by atoms with Crippen LogP contribution in [0.3, 0.4) is 0 Å². The van der Waals surface area contributed by atoms with Gasteiger partial charge >= 0.3 is 0 Å². The molecule has 0 aliphatic carbocycles. The summed E-state index contributed by atoms with van der Waals surface area (Å²) in [6.07, 6.45) is 0. The summed E-state index contributed by atoms with van der Waals surface area (Å²) in [5, 5.41) is 2.48. The lowest BCUT2D eigenvalue weighted by Gasteiger charge is -2.07. The van der Waals surface area contributed by atoms with E-state index in [4.69, 9.17) is 0 Å². The molecule has 3 aromatic carbocycles. The fourth-order valence-corrected chi connectivity index (χ4v) is 2.27. The van der Waals surface area contributed by atoms with Crippen LogP contribution in [0.1, 0.15) is 10.4 Å². The maximum atomic E-state index is 13.1. The summed E-state index contributed by atoms with van der Waals surface area (Å²) in [4.78, 5) is 12.1. The van der Waals surface area contributed by atoms with Gasteiger partial charge in [-0.1, -0.05) is 42.5 Å². The molecule has 23 heavy (non-hydrogen) atoms. The minimum Gasteiger partial charge on any atom is -0.322 e. The van der Waals surface area contributed by atoms with Crippen LogP contribution in [0.25, 0.3) is 11.1 Å². The van der Waals surface area contributed by atoms with E-state index in [9.17, 15) is 13.6 Å². The minimum absolute atomic E-state index is 0.0830. The third-order valence-corrected chi connectivity index (χ3v) is 3.37. The van der Waals surface area contributed by atoms with Gasteiger partial charge in [0.2, 0.25) is 0 Å². The SMILES string of the molecule is O=C(Nc1cc(F)cc(F)c1)c1ccc(-c2ccccc2)cc1. The van der Waals surface area contributed by atoms with Gasteiger partial charge in [-0.15, -0.1) is 0 Å². The number of halogens is 2. The van der Waals surface area contributed by atoms with Gasteiger partial charge in [-0.25, -0.2) is 8.78 Å². The van der Waals surface area contributed by atoms with E-state index in [-0.39, 0.29) is 5.69 Å². The summed E-state index contributed by atoms with van der Waals surface area (Å²) in [5.41, 5.74) is 2.53. The standard InChI is InChI=1S/C19H13F2NO/c20-16-10-17(21)12-18(11-16)22-19(23)15-8-6-14(7-9-15)13-4-2-1-3-5-13/h1-12H,(H,22,23). The molecule has 1 amide bonds. The molecule has 0 saturated heterocycles. The van der Waals surface area contributed by atoms with E-state index < -0.39 is 17.5 Å². The van der Waals surface area contributed by atoms with Gasteiger partial charge in [-0.3, -0.25) is 4.79 Å². The number of benzene rings is 3. The largest absolute Gasteiger partial charge is 0.322 e. The number of amides is 1. The number of carbonyl (C=O) groups is 1. The molecule has 0 aliphatic rings. The summed E-state index contributed by atoms with van der Waals surface area (Å²) in [5.74, 6) is -1.89. The van der Waals surface area contributed by atoms with Crippen molar-refractivity contribution in [3.63, 3.8) is 0 Å². The predicted octanol–water partition coefficient (Wildman–Crippen LogP) is 4.88. The average Bonchev–Trinajstić information content (AvgIpc) is 2.55. The lowest BCUT2D eigenvalue weighted by Crippen LogP contribution is -2.12. The van der Waals surface area contributed by atoms with E-state index in [1.54, 1.807) is 12.1 Å². The van der Waals surface area contributed by atoms with Crippen molar-refractivity contribution < 1.29 is 13.6 Å². The predicted molar refractivity (Wildman–Crippen MR) is 86.2 cm³/mol. The highest BCUT2D eigenvalue weighted by atomic mass is 19.1. The van der Waals surface area contributed by atoms with Gasteiger partial charge < -0.3 is 5.32 Å². The molecule has 1 N–H and O–H groups in total. The number of hydrogen-bond acceptors (Lipinski definition) is 1. The maximum Gasteiger partial charge on any atom is 0.255 e. The molecule has 3 aromatic rings. The zero-order valence-electron chi connectivity index (χ0n) is 12.1. The Balaban J connectivity index is 1.78. The molecule has 2 nitrogen and oxygen atoms in total. The van der Waals surface area contributed by atoms with Gasteiger partial charge in [-0.05, 0) is 35.4 Å². The van der Waals surface area contributed by atoms with Crippen molar-refractivity contribution in [3.05, 3.63) is 90.0 Å². The Bertz CT molecular complexity index is 809. The van der Waals surface area contributed by atoms with Gasteiger partial charge in [0.15, 0.2) is 0 Å². The fraction of sp³-hybridized carbons (Fsp3) is 0. The quantitative estimate of drug-likeness (QED) is 0.733. The Hall–Kier alpha value is -3.01. The van der Waals surface area contributed by atoms with Crippen molar-refractivity contribution in [2.24, 2.45) is 0 Å². The molecule has 0 aliphatic heterocycles. The van der Waals surface area contributed by atoms with Gasteiger partial charge in [0.25, 0.3) is 5.91 Å². The third kappa shape index (κ3) is 3.61. The molecule has 0 aromatic heterocycles. The van der Waals surface area contributed by atoms with Crippen molar-refractivity contribution in [3.8, 4) is 11.1 Å². The molecule has 0 saturated carbocycles. The summed E-state index contributed by atoms with van der Waals surface area (Å²) in [6, 6.07) is 19.7. The molecule has 0 spiro atoms. The van der Waals surface area contributed by atoms with Crippen LogP contribution in [0.15, 0.2) is 72.8 Å². The Morgan fingerprint density at radius 3 is 1.91 bits per heavy atom. The van der Waals surface area contributed by atoms with Crippen molar-refractivity contribution >= 4 is 11.6 Å². The zero-order valence-corrected chi connectivity index (χ0v) is 12.1. The highest BCUT2D eigenvalue weighted by Crippen LogP contribution is 2.20. The number of anilines is 1. The van der Waals surface area contributed by atoms with Crippen LogP contribution >= 0.6 is 0 Å². The smallest absolute Gasteiger partial charge is 0.255 e. The Morgan fingerprint density at radius 2 is 1.30 bits per heavy atom. The highest BCUT2D eigenvalue weighted by Gasteiger charge is 2.08. The van der Waals surface area contributed by atoms with Crippen LogP contribution < -0.4 is 5.32 Å². The van der Waals surface area contributed by atoms with Gasteiger partial charge in [0.05, 0.1) is 0 Å². The van der Waals surface area contributed by atoms with E-state index in [1.807, 2.05) is 42.5 Å². The van der Waals surface area contributed by atoms with Crippen LogP contribution in [0.4, 0.5) is 14.5 Å². The summed E-state index contributed by atoms with van der Waals surface area (Å²) in [6.45, 7) is 0. The molecule has 0 unspecified atom stereocenters. The summed E-state index contributed by atoms with van der Waals surface area (Å²) < 4.78 is 26.3. The van der Waals surface area contributed by atoms with Crippen molar-refractivity contribution in [2.45, 2.75) is 0 Å². The summed E-state index contributed by atoms with van der Waals surface area (Å²) >= 11 is 0. The minimum atomic E-state index is -0.736. The van der Waals surface area contributed by atoms with Gasteiger partial charge in [-0.2, -0.15) is 0 Å². The molecule has 0 heterocycles. The van der Waals surface area contributed by atoms with Gasteiger partial charge in [0.1, 0.15) is 11.6 Å². The topological polar surface area (TPSA) is 29.1 Å². The van der Waals surface area contributed by atoms with Crippen LogP contribution in [-0.4, -0.2) is 5.91 Å². The Morgan fingerprint density at radius 1 is 0.739 bits per heavy atom. The van der Waals surface area contributed by atoms with Crippen molar-refractivity contribution in [1.29, 1.82) is 0 Å². The zero-order chi connectivity index (χ0) is 16.2. The van der Waals surface area contributed by atoms with Crippen LogP contribution in [-0.2, 0) is 0 Å². The Kier molecular flexibility index (Phi) is 4.15. The maximum absolute atomic E-state index is 13.1. The number of hydrogen-bond donors (Lipinski definition) is 1. The molecule has 0 radical (unpaired) electrons. The van der Waals surface area contributed by atoms with Crippen molar-refractivity contribution in [1.82, 2.24) is 0 Å². The van der Waals surface area contributed by atoms with E-state index in [0.717, 1.165) is 29.3 Å². The Labute approximate surface area is 132 Å². The van der Waals surface area contributed by atoms with E-state index in [0.29, 0.717) is 5.56 Å². The normalized spacial score (nSPS) is 10.3. The second-order valence-electron chi connectivity index (χ2n) is 5.06. The van der Waals surface area contributed by atoms with Crippen molar-refractivity contribution in [2.75, 3.05) is 5.32 Å². The van der Waals surface area contributed by atoms with Gasteiger partial charge in [0, 0.05) is 17.3 Å². The number of rotatable bonds is 3. The van der Waals surface area contributed by atoms with E-state index in [1.165, 1.54) is 0 Å². The van der Waals surface area contributed by atoms with E-state index >= 15 is 0 Å². The first-order chi connectivity index (χ1) is 11.1. The number of carbonyl (C=O) groups excluding carboxylic acids is 1. The highest BCUT2D eigenvalue weighted by molar-refractivity contribution is 6.04. The number of nitrogens with one attached hydrogen (secondary N) is 1. The van der Waals surface area contributed by atoms with Crippen LogP contribution in [0.2, 0.25) is 0 Å². The third-order valence-electron chi connectivity index (χ3n) is 3.37. The second kappa shape index (κ2) is 6.40. The molecule has 4 heteroatoms. The first kappa shape index (κ1) is 14.9.